The largest absolute Gasteiger partial charge is 0.458 e. The Labute approximate surface area is 217 Å². The highest BCUT2D eigenvalue weighted by atomic mass is 16.8. The number of fused-ring (bicyclic) bond motifs is 7. The molecule has 10 atom stereocenters. The molecule has 0 spiro atoms. The second kappa shape index (κ2) is 7.99. The van der Waals surface area contributed by atoms with Gasteiger partial charge in [0.05, 0.1) is 18.3 Å². The van der Waals surface area contributed by atoms with E-state index in [1.807, 2.05) is 0 Å². The molecule has 3 heterocycles. The molecular formula is C29H38O8. The molecule has 2 N–H and O–H groups in total. The summed E-state index contributed by atoms with van der Waals surface area (Å²) >= 11 is 0. The van der Waals surface area contributed by atoms with Crippen molar-refractivity contribution in [3.05, 3.63) is 34.9 Å². The van der Waals surface area contributed by atoms with Gasteiger partial charge in [-0.3, -0.25) is 0 Å². The molecule has 7 rings (SSSR count). The Hall–Kier alpha value is -1.55. The zero-order valence-electron chi connectivity index (χ0n) is 21.9. The van der Waals surface area contributed by atoms with Crippen molar-refractivity contribution in [3.8, 4) is 0 Å². The van der Waals surface area contributed by atoms with E-state index in [1.54, 1.807) is 13.2 Å². The maximum atomic E-state index is 12.4. The number of carbonyl (C=O) groups excluding carboxylic acids is 1. The summed E-state index contributed by atoms with van der Waals surface area (Å²) < 4.78 is 29.2. The third-order valence-electron chi connectivity index (χ3n) is 11.2. The predicted octanol–water partition coefficient (Wildman–Crippen LogP) is 2.93. The quantitative estimate of drug-likeness (QED) is 0.428. The van der Waals surface area contributed by atoms with Crippen molar-refractivity contribution in [2.75, 3.05) is 20.3 Å². The monoisotopic (exact) mass is 514 g/mol. The molecular weight excluding hydrogens is 476 g/mol. The average Bonchev–Trinajstić information content (AvgIpc) is 3.40. The third kappa shape index (κ3) is 3.14. The van der Waals surface area contributed by atoms with Crippen LogP contribution in [0.2, 0.25) is 0 Å². The molecule has 0 amide bonds. The van der Waals surface area contributed by atoms with Crippen LogP contribution < -0.4 is 0 Å². The van der Waals surface area contributed by atoms with E-state index in [-0.39, 0.29) is 35.4 Å². The van der Waals surface area contributed by atoms with E-state index in [0.717, 1.165) is 43.3 Å². The van der Waals surface area contributed by atoms with Crippen molar-refractivity contribution in [1.82, 2.24) is 0 Å². The van der Waals surface area contributed by atoms with Crippen molar-refractivity contribution in [2.45, 2.75) is 94.8 Å². The van der Waals surface area contributed by atoms with Crippen LogP contribution in [-0.2, 0) is 28.5 Å². The zero-order valence-corrected chi connectivity index (χ0v) is 21.9. The zero-order chi connectivity index (χ0) is 25.8. The number of hydrogen-bond acceptors (Lipinski definition) is 8. The number of hydrogen-bond donors (Lipinski definition) is 2. The molecule has 0 aromatic rings. The summed E-state index contributed by atoms with van der Waals surface area (Å²) in [5.74, 6) is -1.52. The summed E-state index contributed by atoms with van der Waals surface area (Å²) in [5.41, 5.74) is 1.95. The first-order valence-corrected chi connectivity index (χ1v) is 13.8. The molecule has 8 nitrogen and oxygen atoms in total. The van der Waals surface area contributed by atoms with Gasteiger partial charge in [0.2, 0.25) is 12.1 Å². The molecule has 8 heteroatoms. The van der Waals surface area contributed by atoms with E-state index in [9.17, 15) is 15.0 Å². The predicted molar refractivity (Wildman–Crippen MR) is 131 cm³/mol. The lowest BCUT2D eigenvalue weighted by Crippen LogP contribution is -2.68. The van der Waals surface area contributed by atoms with E-state index >= 15 is 0 Å². The molecule has 0 aromatic carbocycles. The Morgan fingerprint density at radius 1 is 1.14 bits per heavy atom. The first-order chi connectivity index (χ1) is 17.6. The van der Waals surface area contributed by atoms with Crippen molar-refractivity contribution >= 4 is 5.97 Å². The molecule has 3 aliphatic heterocycles. The Bertz CT molecular complexity index is 1110. The number of rotatable bonds is 2. The van der Waals surface area contributed by atoms with Crippen LogP contribution in [0.4, 0.5) is 0 Å². The molecule has 0 aromatic heterocycles. The first kappa shape index (κ1) is 24.5. The van der Waals surface area contributed by atoms with Gasteiger partial charge >= 0.3 is 5.97 Å². The summed E-state index contributed by atoms with van der Waals surface area (Å²) in [5, 5.41) is 23.9. The van der Waals surface area contributed by atoms with Crippen LogP contribution >= 0.6 is 0 Å². The summed E-state index contributed by atoms with van der Waals surface area (Å²) in [6, 6.07) is 0. The highest BCUT2D eigenvalue weighted by Crippen LogP contribution is 2.68. The van der Waals surface area contributed by atoms with Crippen LogP contribution in [-0.4, -0.2) is 72.5 Å². The van der Waals surface area contributed by atoms with Crippen LogP contribution in [0.15, 0.2) is 34.9 Å². The highest BCUT2D eigenvalue weighted by Gasteiger charge is 2.66. The molecule has 0 radical (unpaired) electrons. The number of allylic oxidation sites excluding steroid dienone is 1. The van der Waals surface area contributed by atoms with E-state index in [1.165, 1.54) is 5.57 Å². The lowest BCUT2D eigenvalue weighted by Gasteiger charge is -2.63. The van der Waals surface area contributed by atoms with Gasteiger partial charge in [0.15, 0.2) is 0 Å². The van der Waals surface area contributed by atoms with Gasteiger partial charge in [0.25, 0.3) is 0 Å². The lowest BCUT2D eigenvalue weighted by molar-refractivity contribution is -0.442. The van der Waals surface area contributed by atoms with Gasteiger partial charge in [-0.05, 0) is 61.3 Å². The maximum Gasteiger partial charge on any atom is 0.331 e. The molecule has 4 aliphatic carbocycles. The van der Waals surface area contributed by atoms with E-state index < -0.39 is 29.2 Å². The van der Waals surface area contributed by atoms with E-state index in [4.69, 9.17) is 23.7 Å². The van der Waals surface area contributed by atoms with E-state index in [0.29, 0.717) is 26.1 Å². The summed E-state index contributed by atoms with van der Waals surface area (Å²) in [7, 11) is 1.58. The molecule has 4 fully saturated rings. The second-order valence-electron chi connectivity index (χ2n) is 12.7. The van der Waals surface area contributed by atoms with Gasteiger partial charge in [-0.1, -0.05) is 31.6 Å². The minimum atomic E-state index is -1.63. The fraction of sp³-hybridized carbons (Fsp3) is 0.759. The maximum absolute atomic E-state index is 12.4. The summed E-state index contributed by atoms with van der Waals surface area (Å²) in [4.78, 5) is 11.8. The molecule has 2 saturated heterocycles. The van der Waals surface area contributed by atoms with Gasteiger partial charge in [-0.2, -0.15) is 0 Å². The molecule has 0 bridgehead atoms. The van der Waals surface area contributed by atoms with Crippen LogP contribution in [0.1, 0.15) is 58.8 Å². The Balaban J connectivity index is 1.19. The van der Waals surface area contributed by atoms with Crippen molar-refractivity contribution in [1.29, 1.82) is 0 Å². The topological polar surface area (TPSA) is 104 Å². The van der Waals surface area contributed by atoms with Crippen LogP contribution in [0.3, 0.4) is 0 Å². The fourth-order valence-electron chi connectivity index (χ4n) is 9.22. The molecule has 0 unspecified atom stereocenters. The fourth-order valence-corrected chi connectivity index (χ4v) is 9.22. The van der Waals surface area contributed by atoms with Gasteiger partial charge in [0, 0.05) is 30.6 Å². The number of ether oxygens (including phenoxy) is 5. The van der Waals surface area contributed by atoms with Gasteiger partial charge in [-0.15, -0.1) is 0 Å². The van der Waals surface area contributed by atoms with Crippen LogP contribution in [0, 0.1) is 22.7 Å². The lowest BCUT2D eigenvalue weighted by atomic mass is 9.45. The third-order valence-corrected chi connectivity index (χ3v) is 11.2. The molecule has 37 heavy (non-hydrogen) atoms. The first-order valence-electron chi connectivity index (χ1n) is 13.8. The number of esters is 1. The normalized spacial score (nSPS) is 52.5. The number of carbonyl (C=O) groups is 1. The minimum Gasteiger partial charge on any atom is -0.458 e. The average molecular weight is 515 g/mol. The van der Waals surface area contributed by atoms with Gasteiger partial charge < -0.3 is 33.9 Å². The van der Waals surface area contributed by atoms with Gasteiger partial charge in [0.1, 0.15) is 18.8 Å². The van der Waals surface area contributed by atoms with Gasteiger partial charge in [-0.25, -0.2) is 4.79 Å². The Kier molecular flexibility index (Phi) is 5.29. The van der Waals surface area contributed by atoms with E-state index in [2.05, 4.69) is 26.0 Å². The van der Waals surface area contributed by atoms with Crippen molar-refractivity contribution < 1.29 is 38.7 Å². The summed E-state index contributed by atoms with van der Waals surface area (Å²) in [6.45, 7) is 5.25. The molecule has 7 aliphatic rings. The Morgan fingerprint density at radius 3 is 2.73 bits per heavy atom. The van der Waals surface area contributed by atoms with Crippen LogP contribution in [0.25, 0.3) is 0 Å². The second-order valence-corrected chi connectivity index (χ2v) is 12.7. The number of methoxy groups -OCH3 is 1. The highest BCUT2D eigenvalue weighted by molar-refractivity contribution is 5.86. The number of aliphatic hydroxyl groups is 2. The van der Waals surface area contributed by atoms with Crippen molar-refractivity contribution in [2.24, 2.45) is 22.7 Å². The summed E-state index contributed by atoms with van der Waals surface area (Å²) in [6.07, 6.45) is 9.50. The standard InChI is InChI=1S/C29H38O8/c1-26-14-22-21(36-25-29(32,37-22)23(33-3)8-11-34-25)13-17(26)4-5-20-19(26)6-9-27(2)18(7-10-28(20,27)31)16-12-24(30)35-15-16/h7,12-13,19-23,25,31-32H,4-6,8-11,14-15H2,1-3H3/t19-,20+,21+,22+,23-,25-,26-,27+,28-,29-/m0/s1. The van der Waals surface area contributed by atoms with Crippen molar-refractivity contribution in [3.63, 3.8) is 0 Å². The molecule has 202 valence electrons. The smallest absolute Gasteiger partial charge is 0.331 e. The SMILES string of the molecule is CO[C@H]1CCO[C@H]2O[C@@H]3C=C4CC[C@@H]5[C@H](CC[C@]6(C)C(C7=CC(=O)OC7)=CC[C@]56O)[C@@]4(C)C[C@H]3O[C@]21O. The number of cyclic esters (lactones) is 1. The Morgan fingerprint density at radius 2 is 1.97 bits per heavy atom. The minimum absolute atomic E-state index is 0.127. The van der Waals surface area contributed by atoms with Crippen LogP contribution in [0.5, 0.6) is 0 Å². The molecule has 2 saturated carbocycles.